The molecule has 9 heteroatoms. The number of aliphatic carboxylic acids is 1. The zero-order chi connectivity index (χ0) is 19.1. The number of carboxylic acids is 1. The maximum Gasteiger partial charge on any atom is 0.303 e. The summed E-state index contributed by atoms with van der Waals surface area (Å²) in [5.74, 6) is 0.274. The molecule has 148 valence electrons. The molecule has 1 aromatic carbocycles. The Morgan fingerprint density at radius 2 is 1.74 bits per heavy atom. The molecule has 0 amide bonds. The fourth-order valence-corrected chi connectivity index (χ4v) is 5.26. The monoisotopic (exact) mass is 396 g/mol. The van der Waals surface area contributed by atoms with Crippen molar-refractivity contribution in [2.45, 2.75) is 24.2 Å². The van der Waals surface area contributed by atoms with Crippen molar-refractivity contribution in [1.82, 2.24) is 9.21 Å². The van der Waals surface area contributed by atoms with Crippen molar-refractivity contribution < 1.29 is 27.8 Å². The van der Waals surface area contributed by atoms with Gasteiger partial charge in [-0.1, -0.05) is 0 Å². The second-order valence-corrected chi connectivity index (χ2v) is 9.49. The van der Waals surface area contributed by atoms with E-state index in [4.69, 9.17) is 14.6 Å². The van der Waals surface area contributed by atoms with Crippen LogP contribution in [0.3, 0.4) is 0 Å². The molecule has 1 aromatic rings. The first-order valence-electron chi connectivity index (χ1n) is 9.22. The predicted molar refractivity (Wildman–Crippen MR) is 96.6 cm³/mol. The summed E-state index contributed by atoms with van der Waals surface area (Å²) >= 11 is 0. The Kier molecular flexibility index (Phi) is 4.77. The summed E-state index contributed by atoms with van der Waals surface area (Å²) in [4.78, 5) is 13.4. The minimum atomic E-state index is -3.59. The van der Waals surface area contributed by atoms with Gasteiger partial charge in [0, 0.05) is 38.8 Å². The van der Waals surface area contributed by atoms with Crippen molar-refractivity contribution >= 4 is 16.0 Å². The molecule has 8 nitrogen and oxygen atoms in total. The Morgan fingerprint density at radius 3 is 2.37 bits per heavy atom. The van der Waals surface area contributed by atoms with Crippen LogP contribution in [0.5, 0.6) is 11.5 Å². The number of rotatable bonds is 6. The maximum absolute atomic E-state index is 13.0. The second kappa shape index (κ2) is 6.96. The Bertz CT molecular complexity index is 828. The van der Waals surface area contributed by atoms with Gasteiger partial charge in [-0.15, -0.1) is 0 Å². The van der Waals surface area contributed by atoms with Crippen LogP contribution in [0.2, 0.25) is 0 Å². The molecule has 0 spiro atoms. The highest BCUT2D eigenvalue weighted by Crippen LogP contribution is 2.49. The van der Waals surface area contributed by atoms with E-state index in [9.17, 15) is 13.2 Å². The standard InChI is InChI=1S/C18H24N2O6S/c21-17(22)12-18(3-4-18)13-19-5-7-20(8-6-19)27(23,24)14-1-2-15-16(11-14)26-10-9-25-15/h1-2,11H,3-10,12-13H2,(H,21,22). The number of ether oxygens (including phenoxy) is 2. The van der Waals surface area contributed by atoms with Crippen molar-refractivity contribution in [1.29, 1.82) is 0 Å². The highest BCUT2D eigenvalue weighted by Gasteiger charge is 2.46. The number of piperazine rings is 1. The fraction of sp³-hybridized carbons (Fsp3) is 0.611. The summed E-state index contributed by atoms with van der Waals surface area (Å²) in [6.45, 7) is 3.64. The highest BCUT2D eigenvalue weighted by atomic mass is 32.2. The average molecular weight is 396 g/mol. The van der Waals surface area contributed by atoms with Crippen LogP contribution in [0.4, 0.5) is 0 Å². The summed E-state index contributed by atoms with van der Waals surface area (Å²) in [5, 5.41) is 9.05. The minimum Gasteiger partial charge on any atom is -0.486 e. The molecule has 27 heavy (non-hydrogen) atoms. The van der Waals surface area contributed by atoms with Gasteiger partial charge in [-0.25, -0.2) is 8.42 Å². The number of hydrogen-bond donors (Lipinski definition) is 1. The number of nitrogens with zero attached hydrogens (tertiary/aromatic N) is 2. The van der Waals surface area contributed by atoms with Crippen molar-refractivity contribution in [3.8, 4) is 11.5 Å². The van der Waals surface area contributed by atoms with Crippen LogP contribution in [-0.2, 0) is 14.8 Å². The van der Waals surface area contributed by atoms with Gasteiger partial charge in [0.2, 0.25) is 10.0 Å². The van der Waals surface area contributed by atoms with Gasteiger partial charge in [-0.05, 0) is 30.4 Å². The first kappa shape index (κ1) is 18.5. The fourth-order valence-electron chi connectivity index (χ4n) is 3.82. The molecule has 1 aliphatic carbocycles. The Hall–Kier alpha value is -1.84. The van der Waals surface area contributed by atoms with Crippen LogP contribution >= 0.6 is 0 Å². The van der Waals surface area contributed by atoms with Gasteiger partial charge in [-0.2, -0.15) is 4.31 Å². The van der Waals surface area contributed by atoms with Crippen LogP contribution in [-0.4, -0.2) is 74.6 Å². The molecule has 4 rings (SSSR count). The van der Waals surface area contributed by atoms with E-state index >= 15 is 0 Å². The summed E-state index contributed by atoms with van der Waals surface area (Å²) in [6, 6.07) is 4.73. The largest absolute Gasteiger partial charge is 0.486 e. The summed E-state index contributed by atoms with van der Waals surface area (Å²) in [7, 11) is -3.59. The minimum absolute atomic E-state index is 0.108. The molecule has 0 aromatic heterocycles. The number of benzene rings is 1. The molecular weight excluding hydrogens is 372 g/mol. The quantitative estimate of drug-likeness (QED) is 0.767. The van der Waals surface area contributed by atoms with E-state index in [1.54, 1.807) is 12.1 Å². The lowest BCUT2D eigenvalue weighted by atomic mass is 10.0. The van der Waals surface area contributed by atoms with E-state index < -0.39 is 16.0 Å². The van der Waals surface area contributed by atoms with Gasteiger partial charge in [0.05, 0.1) is 11.3 Å². The molecule has 1 saturated heterocycles. The summed E-state index contributed by atoms with van der Waals surface area (Å²) < 4.78 is 38.3. The molecule has 1 N–H and O–H groups in total. The third-order valence-electron chi connectivity index (χ3n) is 5.53. The molecule has 0 atom stereocenters. The van der Waals surface area contributed by atoms with E-state index in [1.807, 2.05) is 0 Å². The molecule has 2 aliphatic heterocycles. The van der Waals surface area contributed by atoms with E-state index in [0.717, 1.165) is 19.4 Å². The molecule has 0 unspecified atom stereocenters. The van der Waals surface area contributed by atoms with Gasteiger partial charge in [-0.3, -0.25) is 4.79 Å². The smallest absolute Gasteiger partial charge is 0.303 e. The van der Waals surface area contributed by atoms with E-state index in [0.29, 0.717) is 50.9 Å². The molecule has 1 saturated carbocycles. The Balaban J connectivity index is 1.39. The van der Waals surface area contributed by atoms with Gasteiger partial charge >= 0.3 is 5.97 Å². The lowest BCUT2D eigenvalue weighted by Crippen LogP contribution is -2.50. The molecule has 0 radical (unpaired) electrons. The van der Waals surface area contributed by atoms with Crippen LogP contribution in [0.15, 0.2) is 23.1 Å². The van der Waals surface area contributed by atoms with Gasteiger partial charge in [0.15, 0.2) is 11.5 Å². The predicted octanol–water partition coefficient (Wildman–Crippen LogP) is 1.02. The maximum atomic E-state index is 13.0. The van der Waals surface area contributed by atoms with Crippen molar-refractivity contribution in [3.63, 3.8) is 0 Å². The third-order valence-corrected chi connectivity index (χ3v) is 7.42. The lowest BCUT2D eigenvalue weighted by molar-refractivity contribution is -0.138. The molecule has 3 aliphatic rings. The first-order chi connectivity index (χ1) is 12.9. The average Bonchev–Trinajstić information content (AvgIpc) is 3.39. The van der Waals surface area contributed by atoms with Crippen LogP contribution in [0.1, 0.15) is 19.3 Å². The number of sulfonamides is 1. The van der Waals surface area contributed by atoms with Gasteiger partial charge in [0.1, 0.15) is 13.2 Å². The van der Waals surface area contributed by atoms with Crippen LogP contribution < -0.4 is 9.47 Å². The Morgan fingerprint density at radius 1 is 1.07 bits per heavy atom. The molecule has 2 fully saturated rings. The summed E-state index contributed by atoms with van der Waals surface area (Å²) in [6.07, 6.45) is 2.08. The van der Waals surface area contributed by atoms with Crippen LogP contribution in [0, 0.1) is 5.41 Å². The number of carboxylic acid groups (broad SMARTS) is 1. The first-order valence-corrected chi connectivity index (χ1v) is 10.7. The van der Waals surface area contributed by atoms with Gasteiger partial charge in [0.25, 0.3) is 0 Å². The van der Waals surface area contributed by atoms with Crippen molar-refractivity contribution in [3.05, 3.63) is 18.2 Å². The number of fused-ring (bicyclic) bond motifs is 1. The lowest BCUT2D eigenvalue weighted by Gasteiger charge is -2.35. The second-order valence-electron chi connectivity index (χ2n) is 7.56. The van der Waals surface area contributed by atoms with Crippen LogP contribution in [0.25, 0.3) is 0 Å². The SMILES string of the molecule is O=C(O)CC1(CN2CCN(S(=O)(=O)c3ccc4c(c3)OCCO4)CC2)CC1. The van der Waals surface area contributed by atoms with Crippen molar-refractivity contribution in [2.24, 2.45) is 5.41 Å². The normalized spacial score (nSPS) is 22.4. The zero-order valence-electron chi connectivity index (χ0n) is 15.1. The number of carbonyl (C=O) groups is 1. The molecule has 0 bridgehead atoms. The number of hydrogen-bond acceptors (Lipinski definition) is 6. The van der Waals surface area contributed by atoms with E-state index in [2.05, 4.69) is 4.90 Å². The third kappa shape index (κ3) is 3.90. The van der Waals surface area contributed by atoms with E-state index in [1.165, 1.54) is 10.4 Å². The van der Waals surface area contributed by atoms with Gasteiger partial charge < -0.3 is 19.5 Å². The molecule has 2 heterocycles. The Labute approximate surface area is 158 Å². The van der Waals surface area contributed by atoms with E-state index in [-0.39, 0.29) is 16.7 Å². The highest BCUT2D eigenvalue weighted by molar-refractivity contribution is 7.89. The molecular formula is C18H24N2O6S. The topological polar surface area (TPSA) is 96.4 Å². The summed E-state index contributed by atoms with van der Waals surface area (Å²) in [5.41, 5.74) is -0.108. The van der Waals surface area contributed by atoms with Crippen molar-refractivity contribution in [2.75, 3.05) is 45.9 Å². The zero-order valence-corrected chi connectivity index (χ0v) is 15.9.